The highest BCUT2D eigenvalue weighted by atomic mass is 35.5. The van der Waals surface area contributed by atoms with E-state index >= 15 is 0 Å². The first kappa shape index (κ1) is 16.3. The number of alkyl halides is 2. The van der Waals surface area contributed by atoms with Crippen LogP contribution in [0, 0.1) is 0 Å². The van der Waals surface area contributed by atoms with Crippen molar-refractivity contribution in [1.82, 2.24) is 0 Å². The molecule has 2 rings (SSSR count). The van der Waals surface area contributed by atoms with Gasteiger partial charge >= 0.3 is 11.9 Å². The number of ether oxygens (including phenoxy) is 2. The Bertz CT molecular complexity index is 626. The largest absolute Gasteiger partial charge is 0.426 e. The first-order valence-corrected chi connectivity index (χ1v) is 7.43. The number of carbonyl (C=O) groups excluding carboxylic acids is 2. The van der Waals surface area contributed by atoms with Gasteiger partial charge in [-0.15, -0.1) is 23.2 Å². The van der Waals surface area contributed by atoms with Crippen LogP contribution < -0.4 is 9.47 Å². The van der Waals surface area contributed by atoms with Gasteiger partial charge in [0.1, 0.15) is 23.3 Å². The molecule has 0 heterocycles. The SMILES string of the molecule is O=C(CCl)Oc1cccc(-c2cccc(OC(=O)CCl)c2)c1. The molecule has 0 spiro atoms. The molecule has 0 N–H and O–H groups in total. The number of benzene rings is 2. The molecule has 0 radical (unpaired) electrons. The van der Waals surface area contributed by atoms with Crippen molar-refractivity contribution in [2.45, 2.75) is 0 Å². The lowest BCUT2D eigenvalue weighted by Gasteiger charge is -2.08. The summed E-state index contributed by atoms with van der Waals surface area (Å²) < 4.78 is 10.1. The Kier molecular flexibility index (Phi) is 5.81. The first-order chi connectivity index (χ1) is 10.6. The van der Waals surface area contributed by atoms with Crippen LogP contribution in [0.2, 0.25) is 0 Å². The number of esters is 2. The predicted octanol–water partition coefficient (Wildman–Crippen LogP) is 3.64. The summed E-state index contributed by atoms with van der Waals surface area (Å²) in [6.45, 7) is 0. The molecule has 0 aromatic heterocycles. The smallest absolute Gasteiger partial charge is 0.326 e. The van der Waals surface area contributed by atoms with Crippen molar-refractivity contribution < 1.29 is 19.1 Å². The van der Waals surface area contributed by atoms with Crippen LogP contribution in [0.1, 0.15) is 0 Å². The average molecular weight is 339 g/mol. The molecular weight excluding hydrogens is 327 g/mol. The molecule has 0 aliphatic carbocycles. The van der Waals surface area contributed by atoms with E-state index in [2.05, 4.69) is 0 Å². The van der Waals surface area contributed by atoms with E-state index in [0.29, 0.717) is 11.5 Å². The normalized spacial score (nSPS) is 10.1. The lowest BCUT2D eigenvalue weighted by atomic mass is 10.1. The van der Waals surface area contributed by atoms with Gasteiger partial charge in [0.25, 0.3) is 0 Å². The number of hydrogen-bond donors (Lipinski definition) is 0. The van der Waals surface area contributed by atoms with E-state index in [9.17, 15) is 9.59 Å². The molecule has 114 valence electrons. The Hall–Kier alpha value is -2.04. The highest BCUT2D eigenvalue weighted by molar-refractivity contribution is 6.26. The monoisotopic (exact) mass is 338 g/mol. The van der Waals surface area contributed by atoms with Gasteiger partial charge in [0, 0.05) is 0 Å². The van der Waals surface area contributed by atoms with Gasteiger partial charge in [0.05, 0.1) is 0 Å². The maximum absolute atomic E-state index is 11.2. The van der Waals surface area contributed by atoms with Crippen LogP contribution in [0.25, 0.3) is 11.1 Å². The number of carbonyl (C=O) groups is 2. The Morgan fingerprint density at radius 2 is 1.18 bits per heavy atom. The predicted molar refractivity (Wildman–Crippen MR) is 84.6 cm³/mol. The van der Waals surface area contributed by atoms with Gasteiger partial charge in [-0.2, -0.15) is 0 Å². The van der Waals surface area contributed by atoms with Gasteiger partial charge in [0.15, 0.2) is 0 Å². The summed E-state index contributed by atoms with van der Waals surface area (Å²) in [6.07, 6.45) is 0. The van der Waals surface area contributed by atoms with Gasteiger partial charge in [-0.05, 0) is 35.4 Å². The molecule has 0 amide bonds. The van der Waals surface area contributed by atoms with Crippen molar-refractivity contribution in [1.29, 1.82) is 0 Å². The topological polar surface area (TPSA) is 52.6 Å². The molecule has 6 heteroatoms. The summed E-state index contributed by atoms with van der Waals surface area (Å²) >= 11 is 10.8. The summed E-state index contributed by atoms with van der Waals surface area (Å²) in [5.74, 6) is -0.688. The minimum Gasteiger partial charge on any atom is -0.426 e. The molecule has 2 aromatic carbocycles. The zero-order valence-corrected chi connectivity index (χ0v) is 12.9. The van der Waals surface area contributed by atoms with E-state index in [-0.39, 0.29) is 11.8 Å². The lowest BCUT2D eigenvalue weighted by Crippen LogP contribution is -2.09. The lowest BCUT2D eigenvalue weighted by molar-refractivity contribution is -0.132. The van der Waals surface area contributed by atoms with Crippen LogP contribution >= 0.6 is 23.2 Å². The maximum atomic E-state index is 11.2. The standard InChI is InChI=1S/C16H12Cl2O4/c17-9-15(19)21-13-5-1-3-11(7-13)12-4-2-6-14(8-12)22-16(20)10-18/h1-8H,9-10H2. The molecule has 0 fully saturated rings. The van der Waals surface area contributed by atoms with Crippen LogP contribution in [-0.2, 0) is 9.59 Å². The van der Waals surface area contributed by atoms with Gasteiger partial charge in [-0.3, -0.25) is 9.59 Å². The van der Waals surface area contributed by atoms with Crippen LogP contribution in [0.3, 0.4) is 0 Å². The second-order valence-electron chi connectivity index (χ2n) is 4.27. The van der Waals surface area contributed by atoms with E-state index in [0.717, 1.165) is 11.1 Å². The molecule has 0 saturated heterocycles. The summed E-state index contributed by atoms with van der Waals surface area (Å²) in [6, 6.07) is 13.9. The molecule has 0 aliphatic heterocycles. The third kappa shape index (κ3) is 4.48. The van der Waals surface area contributed by atoms with Gasteiger partial charge < -0.3 is 9.47 Å². The first-order valence-electron chi connectivity index (χ1n) is 6.36. The Balaban J connectivity index is 2.24. The Labute approximate surface area is 137 Å². The van der Waals surface area contributed by atoms with Crippen LogP contribution in [0.5, 0.6) is 11.5 Å². The number of halogens is 2. The summed E-state index contributed by atoms with van der Waals surface area (Å²) in [4.78, 5) is 22.4. The van der Waals surface area contributed by atoms with Crippen LogP contribution in [0.15, 0.2) is 48.5 Å². The fraction of sp³-hybridized carbons (Fsp3) is 0.125. The highest BCUT2D eigenvalue weighted by Crippen LogP contribution is 2.27. The molecule has 0 saturated carbocycles. The molecule has 0 unspecified atom stereocenters. The Morgan fingerprint density at radius 3 is 1.55 bits per heavy atom. The van der Waals surface area contributed by atoms with E-state index in [1.807, 2.05) is 12.1 Å². The minimum absolute atomic E-state index is 0.214. The van der Waals surface area contributed by atoms with E-state index in [1.54, 1.807) is 36.4 Å². The third-order valence-electron chi connectivity index (χ3n) is 2.68. The number of rotatable bonds is 5. The summed E-state index contributed by atoms with van der Waals surface area (Å²) in [7, 11) is 0. The summed E-state index contributed by atoms with van der Waals surface area (Å²) in [5.41, 5.74) is 1.62. The van der Waals surface area contributed by atoms with Crippen LogP contribution in [-0.4, -0.2) is 23.7 Å². The van der Waals surface area contributed by atoms with Crippen molar-refractivity contribution in [2.75, 3.05) is 11.8 Å². The maximum Gasteiger partial charge on any atom is 0.326 e. The van der Waals surface area contributed by atoms with E-state index in [4.69, 9.17) is 32.7 Å². The molecule has 0 atom stereocenters. The van der Waals surface area contributed by atoms with Crippen molar-refractivity contribution in [3.05, 3.63) is 48.5 Å². The fourth-order valence-corrected chi connectivity index (χ4v) is 1.90. The van der Waals surface area contributed by atoms with Gasteiger partial charge in [-0.1, -0.05) is 24.3 Å². The molecular formula is C16H12Cl2O4. The highest BCUT2D eigenvalue weighted by Gasteiger charge is 2.07. The molecule has 22 heavy (non-hydrogen) atoms. The van der Waals surface area contributed by atoms with Crippen molar-refractivity contribution in [3.8, 4) is 22.6 Å². The third-order valence-corrected chi connectivity index (χ3v) is 3.12. The van der Waals surface area contributed by atoms with E-state index in [1.165, 1.54) is 0 Å². The molecule has 0 bridgehead atoms. The van der Waals surface area contributed by atoms with Gasteiger partial charge in [0.2, 0.25) is 0 Å². The molecule has 0 aliphatic rings. The van der Waals surface area contributed by atoms with Crippen molar-refractivity contribution >= 4 is 35.1 Å². The Morgan fingerprint density at radius 1 is 0.773 bits per heavy atom. The van der Waals surface area contributed by atoms with E-state index < -0.39 is 11.9 Å². The molecule has 2 aromatic rings. The summed E-state index contributed by atoms with van der Waals surface area (Å²) in [5, 5.41) is 0. The van der Waals surface area contributed by atoms with Crippen molar-refractivity contribution in [3.63, 3.8) is 0 Å². The van der Waals surface area contributed by atoms with Gasteiger partial charge in [-0.25, -0.2) is 0 Å². The number of hydrogen-bond acceptors (Lipinski definition) is 4. The average Bonchev–Trinajstić information content (AvgIpc) is 2.55. The zero-order valence-electron chi connectivity index (χ0n) is 11.4. The van der Waals surface area contributed by atoms with Crippen LogP contribution in [0.4, 0.5) is 0 Å². The quantitative estimate of drug-likeness (QED) is 0.474. The molecule has 4 nitrogen and oxygen atoms in total. The fourth-order valence-electron chi connectivity index (χ4n) is 1.80. The second-order valence-corrected chi connectivity index (χ2v) is 4.81. The minimum atomic E-state index is -0.524. The zero-order chi connectivity index (χ0) is 15.9. The van der Waals surface area contributed by atoms with Crippen molar-refractivity contribution in [2.24, 2.45) is 0 Å². The second kappa shape index (κ2) is 7.82.